The molecule has 2 aromatic carbocycles. The Kier molecular flexibility index (Phi) is 4.48. The smallest absolute Gasteiger partial charge is 0.325 e. The number of nitrogens with one attached hydrogen (secondary N) is 1. The van der Waals surface area contributed by atoms with E-state index >= 15 is 0 Å². The molecule has 0 aliphatic heterocycles. The predicted octanol–water partition coefficient (Wildman–Crippen LogP) is 4.09. The molecule has 0 atom stereocenters. The molecule has 2 aromatic rings. The van der Waals surface area contributed by atoms with Gasteiger partial charge in [0.1, 0.15) is 5.41 Å². The molecule has 1 aliphatic rings. The summed E-state index contributed by atoms with van der Waals surface area (Å²) in [4.78, 5) is 26.8. The monoisotopic (exact) mass is 362 g/mol. The van der Waals surface area contributed by atoms with Crippen LogP contribution in [0.1, 0.15) is 18.4 Å². The number of carbonyl (C=O) groups excluding carboxylic acids is 2. The SMILES string of the molecule is CN(C(=O)C1(C(=O)Nc2cccc(C(F)(F)F)c2)CC1)c1ccccc1. The van der Waals surface area contributed by atoms with Crippen LogP contribution in [0.4, 0.5) is 24.5 Å². The number of anilines is 2. The lowest BCUT2D eigenvalue weighted by Gasteiger charge is -2.23. The lowest BCUT2D eigenvalue weighted by molar-refractivity contribution is -0.138. The van der Waals surface area contributed by atoms with Crippen molar-refractivity contribution in [1.82, 2.24) is 0 Å². The van der Waals surface area contributed by atoms with Gasteiger partial charge in [-0.3, -0.25) is 9.59 Å². The van der Waals surface area contributed by atoms with E-state index in [-0.39, 0.29) is 11.6 Å². The summed E-state index contributed by atoms with van der Waals surface area (Å²) in [6.07, 6.45) is -3.76. The minimum Gasteiger partial charge on any atom is -0.325 e. The lowest BCUT2D eigenvalue weighted by Crippen LogP contribution is -2.41. The van der Waals surface area contributed by atoms with Gasteiger partial charge in [0.05, 0.1) is 5.56 Å². The van der Waals surface area contributed by atoms with E-state index in [1.54, 1.807) is 31.3 Å². The molecule has 0 bridgehead atoms. The average Bonchev–Trinajstić information content (AvgIpc) is 3.43. The third kappa shape index (κ3) is 3.42. The lowest BCUT2D eigenvalue weighted by atomic mass is 10.0. The van der Waals surface area contributed by atoms with Crippen molar-refractivity contribution < 1.29 is 22.8 Å². The van der Waals surface area contributed by atoms with Crippen molar-refractivity contribution in [3.63, 3.8) is 0 Å². The number of halogens is 3. The van der Waals surface area contributed by atoms with Crippen LogP contribution in [0.15, 0.2) is 54.6 Å². The highest BCUT2D eigenvalue weighted by atomic mass is 19.4. The minimum absolute atomic E-state index is 0.0197. The van der Waals surface area contributed by atoms with Crippen molar-refractivity contribution in [3.8, 4) is 0 Å². The number of carbonyl (C=O) groups is 2. The van der Waals surface area contributed by atoms with Crippen molar-refractivity contribution in [3.05, 3.63) is 60.2 Å². The Balaban J connectivity index is 1.76. The van der Waals surface area contributed by atoms with Crippen LogP contribution in [0.5, 0.6) is 0 Å². The Morgan fingerprint density at radius 1 is 1.04 bits per heavy atom. The van der Waals surface area contributed by atoms with Gasteiger partial charge < -0.3 is 10.2 Å². The summed E-state index contributed by atoms with van der Waals surface area (Å²) in [5.41, 5.74) is -1.41. The van der Waals surface area contributed by atoms with Crippen molar-refractivity contribution >= 4 is 23.2 Å². The topological polar surface area (TPSA) is 49.4 Å². The molecular formula is C19H17F3N2O2. The Labute approximate surface area is 148 Å². The summed E-state index contributed by atoms with van der Waals surface area (Å²) in [7, 11) is 1.58. The fourth-order valence-corrected chi connectivity index (χ4v) is 2.78. The third-order valence-electron chi connectivity index (χ3n) is 4.49. The second-order valence-electron chi connectivity index (χ2n) is 6.31. The Hall–Kier alpha value is -2.83. The molecule has 2 amide bonds. The highest BCUT2D eigenvalue weighted by Gasteiger charge is 2.57. The summed E-state index contributed by atoms with van der Waals surface area (Å²) in [6, 6.07) is 13.2. The summed E-state index contributed by atoms with van der Waals surface area (Å²) in [5.74, 6) is -0.946. The van der Waals surface area contributed by atoms with Crippen molar-refractivity contribution in [1.29, 1.82) is 0 Å². The summed E-state index contributed by atoms with van der Waals surface area (Å²) >= 11 is 0. The first-order valence-electron chi connectivity index (χ1n) is 8.06. The summed E-state index contributed by atoms with van der Waals surface area (Å²) in [6.45, 7) is 0. The molecule has 0 unspecified atom stereocenters. The van der Waals surface area contributed by atoms with E-state index < -0.39 is 23.1 Å². The number of para-hydroxylation sites is 1. The van der Waals surface area contributed by atoms with E-state index in [0.717, 1.165) is 12.1 Å². The standard InChI is InChI=1S/C19H17F3N2O2/c1-24(15-8-3-2-4-9-15)17(26)18(10-11-18)16(25)23-14-7-5-6-13(12-14)19(20,21)22/h2-9,12H,10-11H2,1H3,(H,23,25). The normalized spacial score (nSPS) is 15.2. The maximum Gasteiger partial charge on any atom is 0.416 e. The Morgan fingerprint density at radius 2 is 1.69 bits per heavy atom. The Morgan fingerprint density at radius 3 is 2.27 bits per heavy atom. The molecule has 4 nitrogen and oxygen atoms in total. The van der Waals surface area contributed by atoms with Crippen LogP contribution in [-0.4, -0.2) is 18.9 Å². The van der Waals surface area contributed by atoms with Crippen LogP contribution in [0.2, 0.25) is 0 Å². The van der Waals surface area contributed by atoms with Crippen molar-refractivity contribution in [2.75, 3.05) is 17.3 Å². The van der Waals surface area contributed by atoms with Gasteiger partial charge in [-0.25, -0.2) is 0 Å². The second-order valence-corrected chi connectivity index (χ2v) is 6.31. The first kappa shape index (κ1) is 18.0. The van der Waals surface area contributed by atoms with Gasteiger partial charge in [-0.1, -0.05) is 24.3 Å². The van der Waals surface area contributed by atoms with Gasteiger partial charge >= 0.3 is 6.18 Å². The molecule has 3 rings (SSSR count). The number of benzene rings is 2. The van der Waals surface area contributed by atoms with Crippen LogP contribution in [0.3, 0.4) is 0 Å². The van der Waals surface area contributed by atoms with E-state index in [9.17, 15) is 22.8 Å². The van der Waals surface area contributed by atoms with Gasteiger partial charge in [-0.05, 0) is 43.2 Å². The van der Waals surface area contributed by atoms with Crippen molar-refractivity contribution in [2.45, 2.75) is 19.0 Å². The molecular weight excluding hydrogens is 345 g/mol. The van der Waals surface area contributed by atoms with Crippen LogP contribution in [0.25, 0.3) is 0 Å². The summed E-state index contributed by atoms with van der Waals surface area (Å²) in [5, 5.41) is 2.46. The van der Waals surface area contributed by atoms with Crippen LogP contribution in [-0.2, 0) is 15.8 Å². The van der Waals surface area contributed by atoms with Crippen LogP contribution >= 0.6 is 0 Å². The van der Waals surface area contributed by atoms with E-state index in [0.29, 0.717) is 18.5 Å². The largest absolute Gasteiger partial charge is 0.416 e. The molecule has 1 fully saturated rings. The average molecular weight is 362 g/mol. The first-order chi connectivity index (χ1) is 12.2. The quantitative estimate of drug-likeness (QED) is 0.833. The molecule has 1 saturated carbocycles. The third-order valence-corrected chi connectivity index (χ3v) is 4.49. The minimum atomic E-state index is -4.50. The molecule has 136 valence electrons. The molecule has 0 spiro atoms. The van der Waals surface area contributed by atoms with Gasteiger partial charge in [0, 0.05) is 18.4 Å². The fourth-order valence-electron chi connectivity index (χ4n) is 2.78. The van der Waals surface area contributed by atoms with E-state index in [1.807, 2.05) is 6.07 Å². The maximum atomic E-state index is 12.8. The van der Waals surface area contributed by atoms with Crippen molar-refractivity contribution in [2.24, 2.45) is 5.41 Å². The molecule has 0 saturated heterocycles. The molecule has 0 aromatic heterocycles. The number of alkyl halides is 3. The van der Waals surface area contributed by atoms with Crippen LogP contribution < -0.4 is 10.2 Å². The molecule has 0 radical (unpaired) electrons. The number of hydrogen-bond donors (Lipinski definition) is 1. The van der Waals surface area contributed by atoms with Gasteiger partial charge in [0.15, 0.2) is 0 Å². The highest BCUT2D eigenvalue weighted by Crippen LogP contribution is 2.48. The summed E-state index contributed by atoms with van der Waals surface area (Å²) < 4.78 is 38.4. The molecule has 1 N–H and O–H groups in total. The molecule has 7 heteroatoms. The maximum absolute atomic E-state index is 12.8. The van der Waals surface area contributed by atoms with E-state index in [2.05, 4.69) is 5.32 Å². The van der Waals surface area contributed by atoms with E-state index in [1.165, 1.54) is 17.0 Å². The number of rotatable bonds is 4. The first-order valence-corrected chi connectivity index (χ1v) is 8.06. The van der Waals surface area contributed by atoms with Gasteiger partial charge in [0.25, 0.3) is 0 Å². The zero-order chi connectivity index (χ0) is 18.9. The molecule has 26 heavy (non-hydrogen) atoms. The Bertz CT molecular complexity index is 830. The number of hydrogen-bond acceptors (Lipinski definition) is 2. The predicted molar refractivity (Wildman–Crippen MR) is 91.6 cm³/mol. The second kappa shape index (κ2) is 6.48. The zero-order valence-electron chi connectivity index (χ0n) is 14.0. The van der Waals surface area contributed by atoms with E-state index in [4.69, 9.17) is 0 Å². The zero-order valence-corrected chi connectivity index (χ0v) is 14.0. The molecule has 0 heterocycles. The van der Waals surface area contributed by atoms with Gasteiger partial charge in [-0.15, -0.1) is 0 Å². The van der Waals surface area contributed by atoms with Crippen LogP contribution in [0, 0.1) is 5.41 Å². The van der Waals surface area contributed by atoms with Gasteiger partial charge in [-0.2, -0.15) is 13.2 Å². The number of amides is 2. The molecule has 1 aliphatic carbocycles. The van der Waals surface area contributed by atoms with Gasteiger partial charge in [0.2, 0.25) is 11.8 Å². The fraction of sp³-hybridized carbons (Fsp3) is 0.263. The number of nitrogens with zero attached hydrogens (tertiary/aromatic N) is 1. The highest BCUT2D eigenvalue weighted by molar-refractivity contribution is 6.17.